The Labute approximate surface area is 91.7 Å². The first kappa shape index (κ1) is 12.0. The van der Waals surface area contributed by atoms with Gasteiger partial charge in [-0.3, -0.25) is 0 Å². The maximum Gasteiger partial charge on any atom is 0.212 e. The Morgan fingerprint density at radius 1 is 1.33 bits per heavy atom. The van der Waals surface area contributed by atoms with Crippen LogP contribution in [0.15, 0.2) is 18.3 Å². The second-order valence-electron chi connectivity index (χ2n) is 4.21. The highest BCUT2D eigenvalue weighted by Crippen LogP contribution is 2.19. The molecule has 0 radical (unpaired) electrons. The monoisotopic (exact) mass is 208 g/mol. The molecule has 84 valence electrons. The summed E-state index contributed by atoms with van der Waals surface area (Å²) in [6.07, 6.45) is 3.95. The first-order valence-electron chi connectivity index (χ1n) is 5.39. The molecule has 1 aromatic heterocycles. The third-order valence-electron chi connectivity index (χ3n) is 2.45. The SMILES string of the molecule is COc1ccc([C@@H](N)CCC(C)C)cn1. The van der Waals surface area contributed by atoms with Gasteiger partial charge in [-0.15, -0.1) is 0 Å². The van der Waals surface area contributed by atoms with Crippen LogP contribution in [0.2, 0.25) is 0 Å². The van der Waals surface area contributed by atoms with Gasteiger partial charge >= 0.3 is 0 Å². The van der Waals surface area contributed by atoms with Gasteiger partial charge in [-0.2, -0.15) is 0 Å². The first-order chi connectivity index (χ1) is 7.13. The summed E-state index contributed by atoms with van der Waals surface area (Å²) in [5, 5.41) is 0. The zero-order valence-corrected chi connectivity index (χ0v) is 9.73. The molecule has 0 aliphatic heterocycles. The van der Waals surface area contributed by atoms with E-state index in [2.05, 4.69) is 18.8 Å². The van der Waals surface area contributed by atoms with Gasteiger partial charge in [0, 0.05) is 18.3 Å². The standard InChI is InChI=1S/C12H20N2O/c1-9(2)4-6-11(13)10-5-7-12(15-3)14-8-10/h5,7-9,11H,4,6,13H2,1-3H3/t11-/m0/s1. The van der Waals surface area contributed by atoms with Crippen LogP contribution in [0.1, 0.15) is 38.3 Å². The van der Waals surface area contributed by atoms with E-state index in [0.717, 1.165) is 18.4 Å². The highest BCUT2D eigenvalue weighted by molar-refractivity contribution is 5.20. The zero-order chi connectivity index (χ0) is 11.3. The predicted molar refractivity (Wildman–Crippen MR) is 61.8 cm³/mol. The maximum atomic E-state index is 6.05. The normalized spacial score (nSPS) is 12.9. The van der Waals surface area contributed by atoms with Crippen LogP contribution in [0.25, 0.3) is 0 Å². The Balaban J connectivity index is 2.54. The molecular formula is C12H20N2O. The molecule has 15 heavy (non-hydrogen) atoms. The predicted octanol–water partition coefficient (Wildman–Crippen LogP) is 2.53. The molecule has 1 atom stereocenters. The smallest absolute Gasteiger partial charge is 0.212 e. The minimum atomic E-state index is 0.0887. The van der Waals surface area contributed by atoms with Crippen LogP contribution in [0, 0.1) is 5.92 Å². The van der Waals surface area contributed by atoms with Crippen LogP contribution >= 0.6 is 0 Å². The van der Waals surface area contributed by atoms with Crippen molar-refractivity contribution in [3.8, 4) is 5.88 Å². The quantitative estimate of drug-likeness (QED) is 0.808. The molecule has 1 heterocycles. The number of nitrogens with zero attached hydrogens (tertiary/aromatic N) is 1. The Morgan fingerprint density at radius 3 is 2.53 bits per heavy atom. The highest BCUT2D eigenvalue weighted by Gasteiger charge is 2.07. The molecule has 0 amide bonds. The second kappa shape index (κ2) is 5.71. The van der Waals surface area contributed by atoms with Gasteiger partial charge in [0.05, 0.1) is 7.11 Å². The van der Waals surface area contributed by atoms with Crippen LogP contribution < -0.4 is 10.5 Å². The molecule has 1 aromatic rings. The molecule has 0 saturated carbocycles. The Kier molecular flexibility index (Phi) is 4.56. The highest BCUT2D eigenvalue weighted by atomic mass is 16.5. The van der Waals surface area contributed by atoms with Gasteiger partial charge in [0.25, 0.3) is 0 Å². The number of methoxy groups -OCH3 is 1. The summed E-state index contributed by atoms with van der Waals surface area (Å²) >= 11 is 0. The van der Waals surface area contributed by atoms with E-state index in [1.165, 1.54) is 0 Å². The summed E-state index contributed by atoms with van der Waals surface area (Å²) in [5.41, 5.74) is 7.13. The van der Waals surface area contributed by atoms with Gasteiger partial charge in [0.2, 0.25) is 5.88 Å². The Hall–Kier alpha value is -1.09. The number of hydrogen-bond acceptors (Lipinski definition) is 3. The Morgan fingerprint density at radius 2 is 2.07 bits per heavy atom. The van der Waals surface area contributed by atoms with E-state index in [1.54, 1.807) is 13.3 Å². The lowest BCUT2D eigenvalue weighted by Crippen LogP contribution is -2.11. The molecule has 0 unspecified atom stereocenters. The van der Waals surface area contributed by atoms with Gasteiger partial charge < -0.3 is 10.5 Å². The van der Waals surface area contributed by atoms with Crippen molar-refractivity contribution in [3.63, 3.8) is 0 Å². The lowest BCUT2D eigenvalue weighted by atomic mass is 10.00. The van der Waals surface area contributed by atoms with Crippen molar-refractivity contribution < 1.29 is 4.74 Å². The zero-order valence-electron chi connectivity index (χ0n) is 9.73. The fourth-order valence-electron chi connectivity index (χ4n) is 1.41. The Bertz CT molecular complexity index is 282. The van der Waals surface area contributed by atoms with E-state index in [-0.39, 0.29) is 6.04 Å². The average Bonchev–Trinajstić information content (AvgIpc) is 2.26. The van der Waals surface area contributed by atoms with Crippen molar-refractivity contribution in [1.29, 1.82) is 0 Å². The maximum absolute atomic E-state index is 6.05. The lowest BCUT2D eigenvalue weighted by molar-refractivity contribution is 0.397. The van der Waals surface area contributed by atoms with Gasteiger partial charge in [0.1, 0.15) is 0 Å². The van der Waals surface area contributed by atoms with E-state index in [1.807, 2.05) is 12.1 Å². The molecule has 0 aliphatic rings. The van der Waals surface area contributed by atoms with Crippen LogP contribution in [0.5, 0.6) is 5.88 Å². The topological polar surface area (TPSA) is 48.1 Å². The molecule has 0 spiro atoms. The number of rotatable bonds is 5. The fraction of sp³-hybridized carbons (Fsp3) is 0.583. The number of ether oxygens (including phenoxy) is 1. The lowest BCUT2D eigenvalue weighted by Gasteiger charge is -2.13. The van der Waals surface area contributed by atoms with Crippen LogP contribution in [0.3, 0.4) is 0 Å². The third-order valence-corrected chi connectivity index (χ3v) is 2.45. The molecule has 3 nitrogen and oxygen atoms in total. The van der Waals surface area contributed by atoms with Crippen LogP contribution in [-0.4, -0.2) is 12.1 Å². The molecule has 0 bridgehead atoms. The van der Waals surface area contributed by atoms with Crippen molar-refractivity contribution in [1.82, 2.24) is 4.98 Å². The number of aromatic nitrogens is 1. The minimum absolute atomic E-state index is 0.0887. The molecular weight excluding hydrogens is 188 g/mol. The van der Waals surface area contributed by atoms with Gasteiger partial charge in [-0.25, -0.2) is 4.98 Å². The molecule has 0 fully saturated rings. The fourth-order valence-corrected chi connectivity index (χ4v) is 1.41. The second-order valence-corrected chi connectivity index (χ2v) is 4.21. The summed E-state index contributed by atoms with van der Waals surface area (Å²) in [5.74, 6) is 1.33. The molecule has 2 N–H and O–H groups in total. The minimum Gasteiger partial charge on any atom is -0.481 e. The summed E-state index contributed by atoms with van der Waals surface area (Å²) in [4.78, 5) is 4.14. The molecule has 0 aromatic carbocycles. The summed E-state index contributed by atoms with van der Waals surface area (Å²) in [6, 6.07) is 3.92. The van der Waals surface area contributed by atoms with Crippen molar-refractivity contribution in [2.75, 3.05) is 7.11 Å². The average molecular weight is 208 g/mol. The van der Waals surface area contributed by atoms with Crippen molar-refractivity contribution in [2.24, 2.45) is 11.7 Å². The van der Waals surface area contributed by atoms with Crippen molar-refractivity contribution >= 4 is 0 Å². The number of nitrogens with two attached hydrogens (primary N) is 1. The number of hydrogen-bond donors (Lipinski definition) is 1. The third kappa shape index (κ3) is 3.88. The van der Waals surface area contributed by atoms with Crippen molar-refractivity contribution in [2.45, 2.75) is 32.7 Å². The first-order valence-corrected chi connectivity index (χ1v) is 5.39. The van der Waals surface area contributed by atoms with E-state index < -0.39 is 0 Å². The molecule has 3 heteroatoms. The van der Waals surface area contributed by atoms with Gasteiger partial charge in [0.15, 0.2) is 0 Å². The van der Waals surface area contributed by atoms with E-state index in [9.17, 15) is 0 Å². The van der Waals surface area contributed by atoms with E-state index in [4.69, 9.17) is 10.5 Å². The van der Waals surface area contributed by atoms with Gasteiger partial charge in [-0.05, 0) is 24.3 Å². The van der Waals surface area contributed by atoms with E-state index in [0.29, 0.717) is 11.8 Å². The molecule has 0 saturated heterocycles. The molecule has 1 rings (SSSR count). The number of pyridine rings is 1. The summed E-state index contributed by atoms with van der Waals surface area (Å²) in [7, 11) is 1.61. The summed E-state index contributed by atoms with van der Waals surface area (Å²) in [6.45, 7) is 4.41. The van der Waals surface area contributed by atoms with Crippen LogP contribution in [0.4, 0.5) is 0 Å². The summed E-state index contributed by atoms with van der Waals surface area (Å²) < 4.78 is 5.00. The van der Waals surface area contributed by atoms with Gasteiger partial charge in [-0.1, -0.05) is 19.9 Å². The largest absolute Gasteiger partial charge is 0.481 e. The van der Waals surface area contributed by atoms with E-state index >= 15 is 0 Å². The van der Waals surface area contributed by atoms with Crippen molar-refractivity contribution in [3.05, 3.63) is 23.9 Å². The van der Waals surface area contributed by atoms with Crippen LogP contribution in [-0.2, 0) is 0 Å². The molecule has 0 aliphatic carbocycles.